The molecule has 32 heavy (non-hydrogen) atoms. The van der Waals surface area contributed by atoms with Crippen LogP contribution >= 0.6 is 35.3 Å². The lowest BCUT2D eigenvalue weighted by atomic mass is 9.93. The topological polar surface area (TPSA) is 71.0 Å². The highest BCUT2D eigenvalue weighted by Crippen LogP contribution is 2.30. The Morgan fingerprint density at radius 2 is 1.91 bits per heavy atom. The Balaban J connectivity index is 0.00000363. The number of ether oxygens (including phenoxy) is 2. The number of nitrogens with one attached hydrogen (secondary N) is 2. The third-order valence-electron chi connectivity index (χ3n) is 5.41. The molecule has 1 aromatic heterocycles. The predicted octanol–water partition coefficient (Wildman–Crippen LogP) is 4.06. The van der Waals surface area contributed by atoms with E-state index in [-0.39, 0.29) is 29.4 Å². The average molecular weight is 574 g/mol. The summed E-state index contributed by atoms with van der Waals surface area (Å²) in [4.78, 5) is 11.5. The third-order valence-corrected chi connectivity index (χ3v) is 6.31. The number of guanidine groups is 1. The van der Waals surface area contributed by atoms with Gasteiger partial charge in [-0.2, -0.15) is 0 Å². The zero-order chi connectivity index (χ0) is 22.4. The first-order chi connectivity index (χ1) is 14.8. The summed E-state index contributed by atoms with van der Waals surface area (Å²) in [5, 5.41) is 10.3. The molecule has 1 fully saturated rings. The highest BCUT2D eigenvalue weighted by molar-refractivity contribution is 14.0. The molecule has 2 aromatic rings. The maximum Gasteiger partial charge on any atom is 0.191 e. The second-order valence-electron chi connectivity index (χ2n) is 8.77. The van der Waals surface area contributed by atoms with E-state index in [0.717, 1.165) is 66.3 Å². The van der Waals surface area contributed by atoms with E-state index in [4.69, 9.17) is 14.5 Å². The summed E-state index contributed by atoms with van der Waals surface area (Å²) in [7, 11) is 5.17. The molecule has 0 amide bonds. The summed E-state index contributed by atoms with van der Waals surface area (Å²) < 4.78 is 10.8. The van der Waals surface area contributed by atoms with Crippen molar-refractivity contribution in [3.63, 3.8) is 0 Å². The van der Waals surface area contributed by atoms with E-state index in [2.05, 4.69) is 58.8 Å². The molecule has 1 saturated heterocycles. The first kappa shape index (κ1) is 26.5. The lowest BCUT2D eigenvalue weighted by Crippen LogP contribution is -2.45. The van der Waals surface area contributed by atoms with Crippen molar-refractivity contribution in [2.75, 3.05) is 45.8 Å². The molecule has 0 saturated carbocycles. The van der Waals surface area contributed by atoms with Crippen LogP contribution in [0.2, 0.25) is 0 Å². The van der Waals surface area contributed by atoms with Crippen LogP contribution in [-0.2, 0) is 11.8 Å². The van der Waals surface area contributed by atoms with Crippen molar-refractivity contribution in [2.45, 2.75) is 45.1 Å². The molecule has 9 heteroatoms. The van der Waals surface area contributed by atoms with E-state index < -0.39 is 0 Å². The van der Waals surface area contributed by atoms with E-state index in [1.54, 1.807) is 25.6 Å². The number of anilines is 1. The van der Waals surface area contributed by atoms with Crippen molar-refractivity contribution in [1.82, 2.24) is 15.6 Å². The fourth-order valence-electron chi connectivity index (χ4n) is 3.53. The van der Waals surface area contributed by atoms with Crippen LogP contribution in [0.3, 0.4) is 0 Å². The number of rotatable bonds is 7. The van der Waals surface area contributed by atoms with Gasteiger partial charge in [-0.05, 0) is 6.42 Å². The standard InChI is InChI=1S/C23H35N5O2S.HI/c1-23(2,3)20-15-31-21(27-20)7-9-25-22(24-4)26-16-8-10-28(14-16)17-11-18(29-5)13-19(12-17)30-6;/h11-13,15-16H,7-10,14H2,1-6H3,(H2,24,25,26);1H. The van der Waals surface area contributed by atoms with Crippen molar-refractivity contribution >= 4 is 47.0 Å². The van der Waals surface area contributed by atoms with E-state index in [0.29, 0.717) is 6.04 Å². The van der Waals surface area contributed by atoms with E-state index >= 15 is 0 Å². The number of nitrogens with zero attached hydrogens (tertiary/aromatic N) is 3. The number of hydrogen-bond donors (Lipinski definition) is 2. The number of benzene rings is 1. The Hall–Kier alpha value is -1.75. The highest BCUT2D eigenvalue weighted by Gasteiger charge is 2.24. The van der Waals surface area contributed by atoms with Crippen molar-refractivity contribution in [1.29, 1.82) is 0 Å². The largest absolute Gasteiger partial charge is 0.497 e. The van der Waals surface area contributed by atoms with Crippen LogP contribution in [0.25, 0.3) is 0 Å². The second kappa shape index (κ2) is 11.9. The number of aromatic nitrogens is 1. The fourth-order valence-corrected chi connectivity index (χ4v) is 4.56. The Kier molecular flexibility index (Phi) is 9.87. The predicted molar refractivity (Wildman–Crippen MR) is 145 cm³/mol. The minimum atomic E-state index is 0. The molecule has 0 aliphatic carbocycles. The summed E-state index contributed by atoms with van der Waals surface area (Å²) in [5.74, 6) is 2.45. The maximum atomic E-state index is 5.41. The van der Waals surface area contributed by atoms with Gasteiger partial charge in [0.05, 0.1) is 24.9 Å². The molecule has 1 aliphatic rings. The molecule has 1 unspecified atom stereocenters. The number of methoxy groups -OCH3 is 2. The van der Waals surface area contributed by atoms with Crippen molar-refractivity contribution in [3.8, 4) is 11.5 Å². The molecule has 2 N–H and O–H groups in total. The normalized spacial score (nSPS) is 16.5. The van der Waals surface area contributed by atoms with Crippen molar-refractivity contribution in [2.24, 2.45) is 4.99 Å². The van der Waals surface area contributed by atoms with Gasteiger partial charge in [0, 0.05) is 73.8 Å². The van der Waals surface area contributed by atoms with Crippen LogP contribution in [0.15, 0.2) is 28.6 Å². The second-order valence-corrected chi connectivity index (χ2v) is 9.71. The smallest absolute Gasteiger partial charge is 0.191 e. The van der Waals surface area contributed by atoms with Crippen LogP contribution < -0.4 is 25.0 Å². The number of aliphatic imine (C=N–C) groups is 1. The lowest BCUT2D eigenvalue weighted by Gasteiger charge is -2.21. The van der Waals surface area contributed by atoms with Gasteiger partial charge in [-0.3, -0.25) is 4.99 Å². The average Bonchev–Trinajstić information content (AvgIpc) is 3.42. The summed E-state index contributed by atoms with van der Waals surface area (Å²) in [5.41, 5.74) is 2.37. The number of halogens is 1. The van der Waals surface area contributed by atoms with Crippen LogP contribution in [0.5, 0.6) is 11.5 Å². The molecule has 178 valence electrons. The first-order valence-electron chi connectivity index (χ1n) is 10.7. The Labute approximate surface area is 213 Å². The Morgan fingerprint density at radius 1 is 1.22 bits per heavy atom. The molecular weight excluding hydrogens is 537 g/mol. The molecule has 1 atom stereocenters. The quantitative estimate of drug-likeness (QED) is 0.296. The monoisotopic (exact) mass is 573 g/mol. The van der Waals surface area contributed by atoms with Gasteiger partial charge in [0.15, 0.2) is 5.96 Å². The van der Waals surface area contributed by atoms with Crippen molar-refractivity contribution < 1.29 is 9.47 Å². The van der Waals surface area contributed by atoms with Gasteiger partial charge in [0.1, 0.15) is 11.5 Å². The van der Waals surface area contributed by atoms with Crippen molar-refractivity contribution in [3.05, 3.63) is 34.3 Å². The molecule has 0 bridgehead atoms. The first-order valence-corrected chi connectivity index (χ1v) is 11.6. The fraction of sp³-hybridized carbons (Fsp3) is 0.565. The minimum absolute atomic E-state index is 0. The molecule has 0 radical (unpaired) electrons. The van der Waals surface area contributed by atoms with Gasteiger partial charge in [-0.15, -0.1) is 35.3 Å². The summed E-state index contributed by atoms with van der Waals surface area (Å²) >= 11 is 1.73. The highest BCUT2D eigenvalue weighted by atomic mass is 127. The number of hydrogen-bond acceptors (Lipinski definition) is 6. The lowest BCUT2D eigenvalue weighted by molar-refractivity contribution is 0.394. The van der Waals surface area contributed by atoms with Crippen LogP contribution in [0.4, 0.5) is 5.69 Å². The van der Waals surface area contributed by atoms with Crippen LogP contribution in [0, 0.1) is 0 Å². The molecule has 3 rings (SSSR count). The van der Waals surface area contributed by atoms with E-state index in [9.17, 15) is 0 Å². The van der Waals surface area contributed by atoms with Gasteiger partial charge >= 0.3 is 0 Å². The van der Waals surface area contributed by atoms with Crippen LogP contribution in [0.1, 0.15) is 37.9 Å². The Bertz CT molecular complexity index is 875. The zero-order valence-electron chi connectivity index (χ0n) is 19.9. The SMILES string of the molecule is CN=C(NCCc1nc(C(C)(C)C)cs1)NC1CCN(c2cc(OC)cc(OC)c2)C1.I. The van der Waals surface area contributed by atoms with E-state index in [1.807, 2.05) is 13.1 Å². The van der Waals surface area contributed by atoms with Gasteiger partial charge in [-0.1, -0.05) is 20.8 Å². The van der Waals surface area contributed by atoms with Gasteiger partial charge in [0.25, 0.3) is 0 Å². The Morgan fingerprint density at radius 3 is 2.47 bits per heavy atom. The molecular formula is C23H36IN5O2S. The number of thiazole rings is 1. The third kappa shape index (κ3) is 7.13. The zero-order valence-corrected chi connectivity index (χ0v) is 23.0. The minimum Gasteiger partial charge on any atom is -0.497 e. The van der Waals surface area contributed by atoms with Gasteiger partial charge < -0.3 is 25.0 Å². The summed E-state index contributed by atoms with van der Waals surface area (Å²) in [6.45, 7) is 9.27. The molecule has 1 aliphatic heterocycles. The maximum absolute atomic E-state index is 5.41. The van der Waals surface area contributed by atoms with E-state index in [1.165, 1.54) is 0 Å². The van der Waals surface area contributed by atoms with Crippen LogP contribution in [-0.4, -0.2) is 57.9 Å². The van der Waals surface area contributed by atoms with Gasteiger partial charge in [0.2, 0.25) is 0 Å². The molecule has 7 nitrogen and oxygen atoms in total. The summed E-state index contributed by atoms with van der Waals surface area (Å²) in [6.07, 6.45) is 1.93. The molecule has 1 aromatic carbocycles. The summed E-state index contributed by atoms with van der Waals surface area (Å²) in [6, 6.07) is 6.33. The van der Waals surface area contributed by atoms with Gasteiger partial charge in [-0.25, -0.2) is 4.98 Å². The molecule has 0 spiro atoms. The molecule has 2 heterocycles.